The summed E-state index contributed by atoms with van der Waals surface area (Å²) >= 11 is 0. The molecule has 0 radical (unpaired) electrons. The second kappa shape index (κ2) is 14.7. The van der Waals surface area contributed by atoms with Crippen molar-refractivity contribution in [3.8, 4) is 23.0 Å². The largest absolute Gasteiger partial charge is 0.493 e. The molecule has 4 aromatic rings. The van der Waals surface area contributed by atoms with Crippen molar-refractivity contribution in [2.45, 2.75) is 26.1 Å². The number of aliphatic hydroxyl groups is 1. The summed E-state index contributed by atoms with van der Waals surface area (Å²) in [7, 11) is 0. The number of ether oxygens (including phenoxy) is 6. The van der Waals surface area contributed by atoms with Gasteiger partial charge in [-0.25, -0.2) is 14.4 Å². The second-order valence-corrected chi connectivity index (χ2v) is 11.2. The Bertz CT molecular complexity index is 1640. The fraction of sp³-hybridized carbons (Fsp3) is 0.250. The van der Waals surface area contributed by atoms with E-state index in [0.717, 1.165) is 5.56 Å². The quantitative estimate of drug-likeness (QED) is 0.106. The fourth-order valence-corrected chi connectivity index (χ4v) is 4.05. The zero-order valence-corrected chi connectivity index (χ0v) is 25.5. The Hall–Kier alpha value is -5.19. The van der Waals surface area contributed by atoms with Crippen LogP contribution < -0.4 is 18.9 Å². The molecular formula is C36H34O10. The normalized spacial score (nSPS) is 15.7. The van der Waals surface area contributed by atoms with Crippen molar-refractivity contribution in [2.24, 2.45) is 5.92 Å². The Morgan fingerprint density at radius 3 is 1.98 bits per heavy atom. The van der Waals surface area contributed by atoms with E-state index in [0.29, 0.717) is 31.3 Å². The molecule has 1 aliphatic heterocycles. The molecule has 0 bridgehead atoms. The van der Waals surface area contributed by atoms with Gasteiger partial charge in [-0.1, -0.05) is 37.3 Å². The fourth-order valence-electron chi connectivity index (χ4n) is 4.05. The van der Waals surface area contributed by atoms with Crippen molar-refractivity contribution in [2.75, 3.05) is 26.4 Å². The van der Waals surface area contributed by atoms with E-state index in [1.165, 1.54) is 18.2 Å². The van der Waals surface area contributed by atoms with Crippen LogP contribution >= 0.6 is 0 Å². The number of hydrogen-bond acceptors (Lipinski definition) is 10. The van der Waals surface area contributed by atoms with Gasteiger partial charge >= 0.3 is 17.9 Å². The SMILES string of the molecule is CC(CO)COc1ccc(C(=O)Oc2ccc(OC(=O)c3ccc(OCC4(C)CO4)cc3)c(C(=O)OCc3ccccc3)c2)cc1. The molecule has 0 spiro atoms. The maximum absolute atomic E-state index is 13.2. The zero-order valence-electron chi connectivity index (χ0n) is 25.5. The number of rotatable bonds is 14. The number of esters is 3. The predicted molar refractivity (Wildman–Crippen MR) is 166 cm³/mol. The van der Waals surface area contributed by atoms with E-state index in [9.17, 15) is 14.4 Å². The molecule has 238 valence electrons. The highest BCUT2D eigenvalue weighted by Crippen LogP contribution is 2.29. The Balaban J connectivity index is 1.29. The molecule has 4 aromatic carbocycles. The average Bonchev–Trinajstić information content (AvgIpc) is 3.83. The van der Waals surface area contributed by atoms with Crippen LogP contribution in [0.25, 0.3) is 0 Å². The van der Waals surface area contributed by atoms with E-state index in [4.69, 9.17) is 33.5 Å². The first-order valence-corrected chi connectivity index (χ1v) is 14.7. The number of benzene rings is 4. The summed E-state index contributed by atoms with van der Waals surface area (Å²) in [6.45, 7) is 5.14. The third-order valence-electron chi connectivity index (χ3n) is 7.00. The van der Waals surface area contributed by atoms with Gasteiger partial charge in [0.2, 0.25) is 0 Å². The first-order chi connectivity index (χ1) is 22.2. The number of aliphatic hydroxyl groups excluding tert-OH is 1. The van der Waals surface area contributed by atoms with Crippen LogP contribution in [0, 0.1) is 5.92 Å². The van der Waals surface area contributed by atoms with Crippen molar-refractivity contribution < 1.29 is 47.9 Å². The van der Waals surface area contributed by atoms with Crippen LogP contribution in [0.3, 0.4) is 0 Å². The van der Waals surface area contributed by atoms with Gasteiger partial charge in [-0.2, -0.15) is 0 Å². The first kappa shape index (κ1) is 32.2. The minimum absolute atomic E-state index is 0.00279. The molecule has 1 N–H and O–H groups in total. The standard InChI is InChI=1S/C36H34O10/c1-24(19-37)20-41-28-12-8-26(9-13-28)33(38)45-30-16-17-32(31(18-30)35(40)42-21-25-6-4-3-5-7-25)46-34(39)27-10-14-29(15-11-27)43-22-36(2)23-44-36/h3-18,24,37H,19-23H2,1-2H3. The molecule has 0 saturated carbocycles. The average molecular weight is 627 g/mol. The summed E-state index contributed by atoms with van der Waals surface area (Å²) in [5.41, 5.74) is 0.869. The third-order valence-corrected chi connectivity index (χ3v) is 7.00. The molecule has 5 rings (SSSR count). The van der Waals surface area contributed by atoms with Crippen molar-refractivity contribution in [3.63, 3.8) is 0 Å². The molecule has 10 nitrogen and oxygen atoms in total. The molecule has 1 aliphatic rings. The number of hydrogen-bond donors (Lipinski definition) is 1. The first-order valence-electron chi connectivity index (χ1n) is 14.7. The zero-order chi connectivity index (χ0) is 32.5. The topological polar surface area (TPSA) is 130 Å². The molecule has 2 unspecified atom stereocenters. The van der Waals surface area contributed by atoms with Gasteiger partial charge in [0.15, 0.2) is 0 Å². The molecule has 1 saturated heterocycles. The maximum Gasteiger partial charge on any atom is 0.343 e. The molecule has 1 heterocycles. The molecular weight excluding hydrogens is 592 g/mol. The van der Waals surface area contributed by atoms with Crippen LogP contribution in [0.1, 0.15) is 50.5 Å². The van der Waals surface area contributed by atoms with E-state index in [2.05, 4.69) is 0 Å². The molecule has 1 fully saturated rings. The highest BCUT2D eigenvalue weighted by atomic mass is 16.6. The van der Waals surface area contributed by atoms with Crippen molar-refractivity contribution in [1.29, 1.82) is 0 Å². The highest BCUT2D eigenvalue weighted by Gasteiger charge is 2.40. The van der Waals surface area contributed by atoms with Crippen LogP contribution in [-0.4, -0.2) is 55.0 Å². The van der Waals surface area contributed by atoms with E-state index < -0.39 is 17.9 Å². The van der Waals surface area contributed by atoms with Crippen LogP contribution in [0.15, 0.2) is 97.1 Å². The summed E-state index contributed by atoms with van der Waals surface area (Å²) in [5.74, 6) is -1.10. The molecule has 2 atom stereocenters. The minimum atomic E-state index is -0.775. The predicted octanol–water partition coefficient (Wildman–Crippen LogP) is 5.66. The number of carbonyl (C=O) groups is 3. The summed E-state index contributed by atoms with van der Waals surface area (Å²) in [6, 6.07) is 25.9. The summed E-state index contributed by atoms with van der Waals surface area (Å²) < 4.78 is 33.3. The second-order valence-electron chi connectivity index (χ2n) is 11.2. The van der Waals surface area contributed by atoms with Gasteiger partial charge in [0.05, 0.1) is 24.3 Å². The molecule has 0 amide bonds. The Labute approximate surface area is 266 Å². The van der Waals surface area contributed by atoms with Gasteiger partial charge < -0.3 is 33.5 Å². The molecule has 10 heteroatoms. The lowest BCUT2D eigenvalue weighted by Gasteiger charge is -2.13. The van der Waals surface area contributed by atoms with E-state index in [-0.39, 0.29) is 52.9 Å². The van der Waals surface area contributed by atoms with Gasteiger partial charge in [-0.3, -0.25) is 0 Å². The minimum Gasteiger partial charge on any atom is -0.493 e. The van der Waals surface area contributed by atoms with Gasteiger partial charge in [0, 0.05) is 12.5 Å². The summed E-state index contributed by atoms with van der Waals surface area (Å²) in [4.78, 5) is 39.2. The van der Waals surface area contributed by atoms with Crippen LogP contribution in [0.4, 0.5) is 0 Å². The van der Waals surface area contributed by atoms with Crippen molar-refractivity contribution in [3.05, 3.63) is 119 Å². The monoisotopic (exact) mass is 626 g/mol. The van der Waals surface area contributed by atoms with E-state index in [1.807, 2.05) is 32.0 Å². The van der Waals surface area contributed by atoms with Crippen molar-refractivity contribution in [1.82, 2.24) is 0 Å². The smallest absolute Gasteiger partial charge is 0.343 e. The lowest BCUT2D eigenvalue weighted by atomic mass is 10.1. The Morgan fingerprint density at radius 2 is 1.37 bits per heavy atom. The Kier molecular flexibility index (Phi) is 10.3. The molecule has 46 heavy (non-hydrogen) atoms. The van der Waals surface area contributed by atoms with E-state index in [1.54, 1.807) is 60.7 Å². The Morgan fingerprint density at radius 1 is 0.783 bits per heavy atom. The lowest BCUT2D eigenvalue weighted by Crippen LogP contribution is -2.17. The lowest BCUT2D eigenvalue weighted by molar-refractivity contribution is 0.0465. The van der Waals surface area contributed by atoms with Gasteiger partial charge in [0.1, 0.15) is 47.4 Å². The summed E-state index contributed by atoms with van der Waals surface area (Å²) in [5, 5.41) is 9.16. The van der Waals surface area contributed by atoms with Gasteiger partial charge in [0.25, 0.3) is 0 Å². The maximum atomic E-state index is 13.2. The van der Waals surface area contributed by atoms with Gasteiger partial charge in [-0.15, -0.1) is 0 Å². The summed E-state index contributed by atoms with van der Waals surface area (Å²) in [6.07, 6.45) is 0. The third kappa shape index (κ3) is 8.93. The van der Waals surface area contributed by atoms with E-state index >= 15 is 0 Å². The number of epoxide rings is 1. The molecule has 0 aromatic heterocycles. The highest BCUT2D eigenvalue weighted by molar-refractivity contribution is 5.97. The van der Waals surface area contributed by atoms with Crippen LogP contribution in [-0.2, 0) is 16.1 Å². The van der Waals surface area contributed by atoms with Crippen molar-refractivity contribution >= 4 is 17.9 Å². The van der Waals surface area contributed by atoms with Gasteiger partial charge in [-0.05, 0) is 79.2 Å². The molecule has 0 aliphatic carbocycles. The van der Waals surface area contributed by atoms with Crippen LogP contribution in [0.5, 0.6) is 23.0 Å². The number of carbonyl (C=O) groups excluding carboxylic acids is 3. The van der Waals surface area contributed by atoms with Crippen LogP contribution in [0.2, 0.25) is 0 Å².